The zero-order chi connectivity index (χ0) is 16.9. The highest BCUT2D eigenvalue weighted by atomic mass is 19.1. The van der Waals surface area contributed by atoms with E-state index in [1.54, 1.807) is 13.8 Å². The number of benzene rings is 1. The summed E-state index contributed by atoms with van der Waals surface area (Å²) in [5.41, 5.74) is -0.440. The van der Waals surface area contributed by atoms with Crippen LogP contribution in [0.5, 0.6) is 0 Å². The Balaban J connectivity index is 2.59. The van der Waals surface area contributed by atoms with Crippen LogP contribution in [0.15, 0.2) is 18.2 Å². The number of amides is 2. The van der Waals surface area contributed by atoms with Crippen molar-refractivity contribution in [2.75, 3.05) is 11.9 Å². The summed E-state index contributed by atoms with van der Waals surface area (Å²) in [6.45, 7) is 6.97. The number of nitrogens with one attached hydrogen (secondary N) is 2. The molecule has 2 amide bonds. The lowest BCUT2D eigenvalue weighted by Crippen LogP contribution is -2.47. The van der Waals surface area contributed by atoms with Crippen LogP contribution in [0.4, 0.5) is 10.1 Å². The average Bonchev–Trinajstić information content (AvgIpc) is 2.47. The normalized spacial score (nSPS) is 14.8. The molecule has 0 saturated carbocycles. The van der Waals surface area contributed by atoms with Gasteiger partial charge < -0.3 is 15.7 Å². The molecule has 6 heteroatoms. The first kappa shape index (κ1) is 18.1. The van der Waals surface area contributed by atoms with Crippen molar-refractivity contribution in [2.45, 2.75) is 39.7 Å². The zero-order valence-electron chi connectivity index (χ0n) is 13.4. The Labute approximate surface area is 129 Å². The molecule has 2 atom stereocenters. The second-order valence-corrected chi connectivity index (χ2v) is 5.77. The van der Waals surface area contributed by atoms with Gasteiger partial charge in [0.05, 0.1) is 5.60 Å². The second-order valence-electron chi connectivity index (χ2n) is 5.77. The topological polar surface area (TPSA) is 78.4 Å². The van der Waals surface area contributed by atoms with Gasteiger partial charge in [0.25, 0.3) is 0 Å². The Hall–Kier alpha value is -1.95. The third-order valence-electron chi connectivity index (χ3n) is 3.92. The van der Waals surface area contributed by atoms with E-state index in [0.717, 1.165) is 12.5 Å². The zero-order valence-corrected chi connectivity index (χ0v) is 13.4. The van der Waals surface area contributed by atoms with Crippen molar-refractivity contribution in [3.8, 4) is 0 Å². The Morgan fingerprint density at radius 1 is 1.36 bits per heavy atom. The van der Waals surface area contributed by atoms with Crippen molar-refractivity contribution < 1.29 is 19.1 Å². The van der Waals surface area contributed by atoms with E-state index in [1.807, 2.05) is 13.8 Å². The van der Waals surface area contributed by atoms with Crippen molar-refractivity contribution in [1.82, 2.24) is 5.32 Å². The van der Waals surface area contributed by atoms with E-state index in [4.69, 9.17) is 0 Å². The maximum absolute atomic E-state index is 13.4. The minimum Gasteiger partial charge on any atom is -0.388 e. The predicted molar refractivity (Wildman–Crippen MR) is 82.9 cm³/mol. The van der Waals surface area contributed by atoms with E-state index < -0.39 is 23.2 Å². The standard InChI is InChI=1S/C16H23FN2O3/c1-5-11(3)16(4,22)9-18-14(20)15(21)19-12-7-6-10(2)13(17)8-12/h6-8,11,22H,5,9H2,1-4H3,(H,18,20)(H,19,21)/t11-,16+/m1/s1. The van der Waals surface area contributed by atoms with E-state index in [9.17, 15) is 19.1 Å². The van der Waals surface area contributed by atoms with Gasteiger partial charge in [-0.25, -0.2) is 4.39 Å². The van der Waals surface area contributed by atoms with Gasteiger partial charge >= 0.3 is 11.8 Å². The smallest absolute Gasteiger partial charge is 0.313 e. The van der Waals surface area contributed by atoms with E-state index in [-0.39, 0.29) is 18.2 Å². The first-order chi connectivity index (χ1) is 10.2. The minimum atomic E-state index is -1.10. The van der Waals surface area contributed by atoms with E-state index in [0.29, 0.717) is 5.56 Å². The van der Waals surface area contributed by atoms with Gasteiger partial charge in [-0.2, -0.15) is 0 Å². The number of rotatable bonds is 5. The van der Waals surface area contributed by atoms with Crippen LogP contribution >= 0.6 is 0 Å². The molecule has 0 bridgehead atoms. The van der Waals surface area contributed by atoms with Crippen LogP contribution in [0.1, 0.15) is 32.8 Å². The van der Waals surface area contributed by atoms with Crippen LogP contribution in [0, 0.1) is 18.7 Å². The average molecular weight is 310 g/mol. The number of aliphatic hydroxyl groups is 1. The highest BCUT2D eigenvalue weighted by molar-refractivity contribution is 6.39. The van der Waals surface area contributed by atoms with Crippen LogP contribution in [-0.4, -0.2) is 29.1 Å². The Bertz CT molecular complexity index is 558. The molecule has 0 aromatic heterocycles. The van der Waals surface area contributed by atoms with E-state index in [2.05, 4.69) is 10.6 Å². The number of carbonyl (C=O) groups excluding carboxylic acids is 2. The molecule has 0 aliphatic rings. The SMILES string of the molecule is CC[C@@H](C)[C@@](C)(O)CNC(=O)C(=O)Nc1ccc(C)c(F)c1. The molecule has 0 aliphatic heterocycles. The molecule has 0 aliphatic carbocycles. The van der Waals surface area contributed by atoms with Crippen molar-refractivity contribution in [1.29, 1.82) is 0 Å². The molecule has 0 fully saturated rings. The van der Waals surface area contributed by atoms with Gasteiger partial charge in [-0.15, -0.1) is 0 Å². The van der Waals surface area contributed by atoms with Crippen molar-refractivity contribution >= 4 is 17.5 Å². The number of carbonyl (C=O) groups is 2. The monoisotopic (exact) mass is 310 g/mol. The fourth-order valence-electron chi connectivity index (χ4n) is 1.81. The third-order valence-corrected chi connectivity index (χ3v) is 3.92. The first-order valence-electron chi connectivity index (χ1n) is 7.25. The van der Waals surface area contributed by atoms with Gasteiger partial charge in [0.1, 0.15) is 5.82 Å². The lowest BCUT2D eigenvalue weighted by molar-refractivity contribution is -0.137. The lowest BCUT2D eigenvalue weighted by Gasteiger charge is -2.29. The summed E-state index contributed by atoms with van der Waals surface area (Å²) >= 11 is 0. The van der Waals surface area contributed by atoms with Crippen LogP contribution in [0.2, 0.25) is 0 Å². The maximum Gasteiger partial charge on any atom is 0.313 e. The molecular weight excluding hydrogens is 287 g/mol. The fourth-order valence-corrected chi connectivity index (χ4v) is 1.81. The number of aryl methyl sites for hydroxylation is 1. The molecule has 3 N–H and O–H groups in total. The Morgan fingerprint density at radius 2 is 2.00 bits per heavy atom. The van der Waals surface area contributed by atoms with Crippen LogP contribution in [0.3, 0.4) is 0 Å². The summed E-state index contributed by atoms with van der Waals surface area (Å²) in [5.74, 6) is -2.26. The number of halogens is 1. The maximum atomic E-state index is 13.4. The van der Waals surface area contributed by atoms with Crippen LogP contribution in [0.25, 0.3) is 0 Å². The molecule has 122 valence electrons. The van der Waals surface area contributed by atoms with E-state index in [1.165, 1.54) is 12.1 Å². The lowest BCUT2D eigenvalue weighted by atomic mass is 9.89. The van der Waals surface area contributed by atoms with Crippen LogP contribution < -0.4 is 10.6 Å². The molecule has 0 heterocycles. The molecule has 0 spiro atoms. The molecule has 5 nitrogen and oxygen atoms in total. The summed E-state index contributed by atoms with van der Waals surface area (Å²) < 4.78 is 13.4. The van der Waals surface area contributed by atoms with Crippen LogP contribution in [-0.2, 0) is 9.59 Å². The second kappa shape index (κ2) is 7.35. The quantitative estimate of drug-likeness (QED) is 0.728. The summed E-state index contributed by atoms with van der Waals surface area (Å²) in [6, 6.07) is 4.17. The van der Waals surface area contributed by atoms with Gasteiger partial charge in [-0.1, -0.05) is 26.3 Å². The Kier molecular flexibility index (Phi) is 6.05. The van der Waals surface area contributed by atoms with Gasteiger partial charge in [-0.05, 0) is 37.5 Å². The van der Waals surface area contributed by atoms with Crippen molar-refractivity contribution in [3.05, 3.63) is 29.6 Å². The summed E-state index contributed by atoms with van der Waals surface area (Å²) in [4.78, 5) is 23.5. The largest absolute Gasteiger partial charge is 0.388 e. The van der Waals surface area contributed by atoms with E-state index >= 15 is 0 Å². The summed E-state index contributed by atoms with van der Waals surface area (Å²) in [6.07, 6.45) is 0.748. The molecular formula is C16H23FN2O3. The highest BCUT2D eigenvalue weighted by Crippen LogP contribution is 2.18. The van der Waals surface area contributed by atoms with Gasteiger partial charge in [0.15, 0.2) is 0 Å². The Morgan fingerprint density at radius 3 is 2.55 bits per heavy atom. The molecule has 1 rings (SSSR count). The molecule has 22 heavy (non-hydrogen) atoms. The molecule has 1 aromatic rings. The number of hydrogen-bond donors (Lipinski definition) is 3. The van der Waals surface area contributed by atoms with Crippen molar-refractivity contribution in [2.24, 2.45) is 5.92 Å². The third kappa shape index (κ3) is 4.80. The summed E-state index contributed by atoms with van der Waals surface area (Å²) in [7, 11) is 0. The molecule has 0 radical (unpaired) electrons. The highest BCUT2D eigenvalue weighted by Gasteiger charge is 2.28. The molecule has 0 unspecified atom stereocenters. The van der Waals surface area contributed by atoms with Gasteiger partial charge in [0.2, 0.25) is 0 Å². The predicted octanol–water partition coefficient (Wildman–Crippen LogP) is 1.99. The fraction of sp³-hybridized carbons (Fsp3) is 0.500. The van der Waals surface area contributed by atoms with Gasteiger partial charge in [0, 0.05) is 12.2 Å². The number of hydrogen-bond acceptors (Lipinski definition) is 3. The molecule has 1 aromatic carbocycles. The number of anilines is 1. The summed E-state index contributed by atoms with van der Waals surface area (Å²) in [5, 5.41) is 14.9. The van der Waals surface area contributed by atoms with Crippen molar-refractivity contribution in [3.63, 3.8) is 0 Å². The van der Waals surface area contributed by atoms with Gasteiger partial charge in [-0.3, -0.25) is 9.59 Å². The first-order valence-corrected chi connectivity index (χ1v) is 7.25. The minimum absolute atomic E-state index is 0.0259. The molecule has 0 saturated heterocycles.